The Balaban J connectivity index is 1.36. The number of fused-ring (bicyclic) bond motifs is 1. The predicted molar refractivity (Wildman–Crippen MR) is 134 cm³/mol. The molecule has 1 N–H and O–H groups in total. The van der Waals surface area contributed by atoms with E-state index in [1.807, 2.05) is 37.3 Å². The molecule has 1 aromatic carbocycles. The summed E-state index contributed by atoms with van der Waals surface area (Å²) in [5.41, 5.74) is 4.22. The maximum atomic E-state index is 11.9. The highest BCUT2D eigenvalue weighted by atomic mass is 16.5. The summed E-state index contributed by atoms with van der Waals surface area (Å²) in [6.07, 6.45) is 3.09. The van der Waals surface area contributed by atoms with Crippen LogP contribution >= 0.6 is 0 Å². The number of nitriles is 1. The molecule has 0 saturated carbocycles. The van der Waals surface area contributed by atoms with E-state index in [2.05, 4.69) is 26.3 Å². The zero-order valence-electron chi connectivity index (χ0n) is 20.7. The Morgan fingerprint density at radius 3 is 2.94 bits per heavy atom. The average Bonchev–Trinajstić information content (AvgIpc) is 3.30. The third-order valence-electron chi connectivity index (χ3n) is 7.24. The van der Waals surface area contributed by atoms with Gasteiger partial charge in [0.25, 0.3) is 0 Å². The number of methoxy groups -OCH3 is 2. The zero-order valence-corrected chi connectivity index (χ0v) is 20.7. The van der Waals surface area contributed by atoms with Crippen LogP contribution < -0.4 is 10.1 Å². The number of aromatic nitrogens is 1. The number of carbonyl (C=O) groups excluding carboxylic acids is 1. The molecule has 0 aliphatic carbocycles. The average molecular weight is 488 g/mol. The molecule has 186 valence electrons. The summed E-state index contributed by atoms with van der Waals surface area (Å²) < 4.78 is 16.3. The van der Waals surface area contributed by atoms with E-state index >= 15 is 0 Å². The molecule has 9 heteroatoms. The predicted octanol–water partition coefficient (Wildman–Crippen LogP) is 2.67. The zero-order chi connectivity index (χ0) is 25.3. The lowest BCUT2D eigenvalue weighted by atomic mass is 9.81. The first-order valence-electron chi connectivity index (χ1n) is 12.0. The van der Waals surface area contributed by atoms with Crippen LogP contribution in [0.2, 0.25) is 0 Å². The van der Waals surface area contributed by atoms with Crippen molar-refractivity contribution in [2.24, 2.45) is 10.4 Å². The molecule has 4 heterocycles. The van der Waals surface area contributed by atoms with Gasteiger partial charge in [-0.25, -0.2) is 9.78 Å². The molecule has 2 aromatic rings. The number of rotatable bonds is 6. The summed E-state index contributed by atoms with van der Waals surface area (Å²) in [5.74, 6) is 0.243. The number of cyclic esters (lactones) is 1. The Kier molecular flexibility index (Phi) is 6.58. The number of carbonyl (C=O) groups is 1. The standard InChI is InChI=1S/C27H29N5O4/c1-17-18(7-8-19-20(17)13-36-26(19)33)23-12-32(10-9-29-23)16-27(14-28)15-30-22(11-24(27)34-2)21-5-4-6-25(31-21)35-3/h4-8,11,15,23-24,29H,9-10,12-13,16H2,1-3H3/t23?,24-,27?/m1/s1. The van der Waals surface area contributed by atoms with Gasteiger partial charge in [0.2, 0.25) is 5.88 Å². The van der Waals surface area contributed by atoms with Crippen LogP contribution in [0.3, 0.4) is 0 Å². The van der Waals surface area contributed by atoms with E-state index in [1.54, 1.807) is 26.5 Å². The highest BCUT2D eigenvalue weighted by Gasteiger charge is 2.42. The Bertz CT molecular complexity index is 1280. The van der Waals surface area contributed by atoms with Gasteiger partial charge in [-0.15, -0.1) is 0 Å². The lowest BCUT2D eigenvalue weighted by Crippen LogP contribution is -2.53. The van der Waals surface area contributed by atoms with Crippen molar-refractivity contribution in [2.75, 3.05) is 40.4 Å². The molecule has 0 bridgehead atoms. The largest absolute Gasteiger partial charge is 0.481 e. The van der Waals surface area contributed by atoms with Gasteiger partial charge in [-0.3, -0.25) is 9.89 Å². The van der Waals surface area contributed by atoms with E-state index in [0.717, 1.165) is 36.3 Å². The fraction of sp³-hybridized carbons (Fsp3) is 0.407. The molecule has 3 aliphatic heterocycles. The number of hydrogen-bond acceptors (Lipinski definition) is 9. The second-order valence-corrected chi connectivity index (χ2v) is 9.31. The van der Waals surface area contributed by atoms with Gasteiger partial charge in [-0.1, -0.05) is 12.1 Å². The molecule has 5 rings (SSSR count). The summed E-state index contributed by atoms with van der Waals surface area (Å²) in [6, 6.07) is 11.9. The minimum Gasteiger partial charge on any atom is -0.481 e. The van der Waals surface area contributed by atoms with Crippen molar-refractivity contribution >= 4 is 17.9 Å². The van der Waals surface area contributed by atoms with Crippen molar-refractivity contribution in [1.82, 2.24) is 15.2 Å². The van der Waals surface area contributed by atoms with E-state index in [4.69, 9.17) is 14.2 Å². The monoisotopic (exact) mass is 487 g/mol. The molecular formula is C27H29N5O4. The third-order valence-corrected chi connectivity index (χ3v) is 7.24. The smallest absolute Gasteiger partial charge is 0.338 e. The Morgan fingerprint density at radius 1 is 1.31 bits per heavy atom. The van der Waals surface area contributed by atoms with Crippen LogP contribution in [0.5, 0.6) is 5.88 Å². The van der Waals surface area contributed by atoms with Crippen molar-refractivity contribution in [3.8, 4) is 11.9 Å². The van der Waals surface area contributed by atoms with Crippen molar-refractivity contribution in [1.29, 1.82) is 5.26 Å². The Labute approximate surface area is 210 Å². The number of hydrogen-bond donors (Lipinski definition) is 1. The van der Waals surface area contributed by atoms with Crippen LogP contribution in [-0.2, 0) is 16.1 Å². The van der Waals surface area contributed by atoms with Gasteiger partial charge < -0.3 is 19.5 Å². The summed E-state index contributed by atoms with van der Waals surface area (Å²) in [5, 5.41) is 13.9. The summed E-state index contributed by atoms with van der Waals surface area (Å²) in [6.45, 7) is 5.14. The maximum absolute atomic E-state index is 11.9. The number of pyridine rings is 1. The van der Waals surface area contributed by atoms with Crippen molar-refractivity contribution in [3.63, 3.8) is 0 Å². The number of piperazine rings is 1. The summed E-state index contributed by atoms with van der Waals surface area (Å²) in [7, 11) is 3.18. The molecule has 1 saturated heterocycles. The molecule has 1 aromatic heterocycles. The molecule has 0 amide bonds. The van der Waals surface area contributed by atoms with Gasteiger partial charge in [0.05, 0.1) is 30.1 Å². The second kappa shape index (κ2) is 9.82. The number of nitrogens with zero attached hydrogens (tertiary/aromatic N) is 4. The fourth-order valence-electron chi connectivity index (χ4n) is 5.23. The van der Waals surface area contributed by atoms with Crippen LogP contribution in [0.15, 0.2) is 41.4 Å². The van der Waals surface area contributed by atoms with E-state index in [9.17, 15) is 10.1 Å². The molecule has 2 unspecified atom stereocenters. The molecular weight excluding hydrogens is 458 g/mol. The summed E-state index contributed by atoms with van der Waals surface area (Å²) >= 11 is 0. The molecule has 0 radical (unpaired) electrons. The van der Waals surface area contributed by atoms with E-state index in [-0.39, 0.29) is 12.0 Å². The lowest BCUT2D eigenvalue weighted by molar-refractivity contribution is 0.0534. The number of benzene rings is 1. The molecule has 9 nitrogen and oxygen atoms in total. The van der Waals surface area contributed by atoms with Crippen LogP contribution in [0.25, 0.3) is 5.70 Å². The SMILES string of the molecule is COc1cccc(C2=C[C@@H](OC)C(C#N)(CN3CCNC(c4ccc5c(c4C)COC5=O)C3)C=N2)n1. The van der Waals surface area contributed by atoms with Crippen molar-refractivity contribution < 1.29 is 19.0 Å². The van der Waals surface area contributed by atoms with Crippen LogP contribution in [0.1, 0.15) is 38.8 Å². The van der Waals surface area contributed by atoms with Gasteiger partial charge in [0.1, 0.15) is 18.1 Å². The van der Waals surface area contributed by atoms with Crippen molar-refractivity contribution in [2.45, 2.75) is 25.7 Å². The molecule has 3 aliphatic rings. The van der Waals surface area contributed by atoms with E-state index < -0.39 is 11.5 Å². The molecule has 0 spiro atoms. The first kappa shape index (κ1) is 24.1. The first-order valence-corrected chi connectivity index (χ1v) is 12.0. The van der Waals surface area contributed by atoms with Gasteiger partial charge in [0, 0.05) is 57.2 Å². The topological polar surface area (TPSA) is 109 Å². The highest BCUT2D eigenvalue weighted by Crippen LogP contribution is 2.34. The van der Waals surface area contributed by atoms with E-state index in [1.165, 1.54) is 0 Å². The van der Waals surface area contributed by atoms with Crippen LogP contribution in [-0.4, -0.2) is 68.6 Å². The molecule has 3 atom stereocenters. The Morgan fingerprint density at radius 2 is 2.17 bits per heavy atom. The minimum atomic E-state index is -0.938. The van der Waals surface area contributed by atoms with Gasteiger partial charge in [-0.2, -0.15) is 5.26 Å². The van der Waals surface area contributed by atoms with Gasteiger partial charge >= 0.3 is 5.97 Å². The maximum Gasteiger partial charge on any atom is 0.338 e. The Hall–Kier alpha value is -3.58. The van der Waals surface area contributed by atoms with Crippen LogP contribution in [0.4, 0.5) is 0 Å². The number of aliphatic imine (C=N–C) groups is 1. The van der Waals surface area contributed by atoms with Gasteiger partial charge in [0.15, 0.2) is 0 Å². The van der Waals surface area contributed by atoms with E-state index in [0.29, 0.717) is 36.0 Å². The number of esters is 1. The minimum absolute atomic E-state index is 0.0732. The fourth-order valence-corrected chi connectivity index (χ4v) is 5.23. The van der Waals surface area contributed by atoms with Crippen molar-refractivity contribution in [3.05, 3.63) is 64.4 Å². The lowest BCUT2D eigenvalue weighted by Gasteiger charge is -2.40. The second-order valence-electron chi connectivity index (χ2n) is 9.31. The highest BCUT2D eigenvalue weighted by molar-refractivity contribution is 5.94. The normalized spacial score (nSPS) is 25.6. The quantitative estimate of drug-likeness (QED) is 0.620. The van der Waals surface area contributed by atoms with Crippen LogP contribution in [0, 0.1) is 23.7 Å². The summed E-state index contributed by atoms with van der Waals surface area (Å²) in [4.78, 5) is 23.3. The number of nitrogens with one attached hydrogen (secondary N) is 1. The third kappa shape index (κ3) is 4.28. The first-order chi connectivity index (χ1) is 17.5. The molecule has 1 fully saturated rings. The molecule has 36 heavy (non-hydrogen) atoms. The number of ether oxygens (including phenoxy) is 3. The van der Waals surface area contributed by atoms with Gasteiger partial charge in [-0.05, 0) is 36.3 Å².